The van der Waals surface area contributed by atoms with E-state index < -0.39 is 35.3 Å². The number of aliphatic carboxylic acids is 2. The van der Waals surface area contributed by atoms with Gasteiger partial charge in [0.1, 0.15) is 11.7 Å². The number of carboxylic acid groups (broad SMARTS) is 2. The Hall–Kier alpha value is -1.82. The normalized spacial score (nSPS) is 26.4. The number of allylic oxidation sites excluding steroid dienone is 1. The van der Waals surface area contributed by atoms with Crippen molar-refractivity contribution in [1.29, 1.82) is 0 Å². The molecule has 0 spiro atoms. The Bertz CT molecular complexity index is 340. The van der Waals surface area contributed by atoms with Crippen LogP contribution in [0.15, 0.2) is 23.5 Å². The average Bonchev–Trinajstić information content (AvgIpc) is 2.07. The lowest BCUT2D eigenvalue weighted by Crippen LogP contribution is -2.34. The van der Waals surface area contributed by atoms with Crippen molar-refractivity contribution in [2.45, 2.75) is 6.10 Å². The molecule has 6 nitrogen and oxygen atoms in total. The fourth-order valence-electron chi connectivity index (χ4n) is 1.23. The van der Waals surface area contributed by atoms with E-state index in [0.29, 0.717) is 0 Å². The van der Waals surface area contributed by atoms with Crippen LogP contribution in [-0.2, 0) is 9.59 Å². The van der Waals surface area contributed by atoms with Crippen molar-refractivity contribution in [2.24, 2.45) is 5.92 Å². The minimum atomic E-state index is -1.63. The summed E-state index contributed by atoms with van der Waals surface area (Å²) in [6, 6.07) is 0. The highest BCUT2D eigenvalue weighted by Crippen LogP contribution is 2.25. The summed E-state index contributed by atoms with van der Waals surface area (Å²) < 4.78 is 0. The SMILES string of the molecule is O=C(O)C1=C(O)C=CC(O)C1C(=O)O. The standard InChI is InChI=1S/C8H8O6/c9-3-1-2-4(10)6(8(13)14)5(3)7(11)12/h1-3,5,9-10H,(H,11,12)(H,13,14). The minimum Gasteiger partial charge on any atom is -0.507 e. The summed E-state index contributed by atoms with van der Waals surface area (Å²) in [7, 11) is 0. The van der Waals surface area contributed by atoms with Gasteiger partial charge in [0, 0.05) is 0 Å². The van der Waals surface area contributed by atoms with E-state index in [1.807, 2.05) is 0 Å². The second kappa shape index (κ2) is 3.51. The Morgan fingerprint density at radius 1 is 1.29 bits per heavy atom. The highest BCUT2D eigenvalue weighted by atomic mass is 16.4. The van der Waals surface area contributed by atoms with Crippen LogP contribution in [-0.4, -0.2) is 38.5 Å². The zero-order chi connectivity index (χ0) is 10.9. The van der Waals surface area contributed by atoms with Crippen LogP contribution in [0.3, 0.4) is 0 Å². The third-order valence-corrected chi connectivity index (χ3v) is 1.88. The first-order valence-corrected chi connectivity index (χ1v) is 3.70. The average molecular weight is 200 g/mol. The van der Waals surface area contributed by atoms with Crippen LogP contribution in [0.5, 0.6) is 0 Å². The molecule has 2 atom stereocenters. The number of aliphatic hydroxyl groups excluding tert-OH is 2. The van der Waals surface area contributed by atoms with E-state index >= 15 is 0 Å². The van der Waals surface area contributed by atoms with E-state index in [2.05, 4.69) is 0 Å². The second-order valence-electron chi connectivity index (χ2n) is 2.77. The molecule has 0 bridgehead atoms. The van der Waals surface area contributed by atoms with Crippen LogP contribution in [0.25, 0.3) is 0 Å². The third-order valence-electron chi connectivity index (χ3n) is 1.88. The molecule has 0 saturated heterocycles. The summed E-state index contributed by atoms with van der Waals surface area (Å²) in [5.74, 6) is -5.32. The Kier molecular flexibility index (Phi) is 2.57. The number of hydrogen-bond donors (Lipinski definition) is 4. The molecule has 0 aromatic heterocycles. The summed E-state index contributed by atoms with van der Waals surface area (Å²) in [6.45, 7) is 0. The van der Waals surface area contributed by atoms with Crippen molar-refractivity contribution in [2.75, 3.05) is 0 Å². The smallest absolute Gasteiger partial charge is 0.336 e. The van der Waals surface area contributed by atoms with Gasteiger partial charge in [-0.15, -0.1) is 0 Å². The van der Waals surface area contributed by atoms with Crippen molar-refractivity contribution in [1.82, 2.24) is 0 Å². The largest absolute Gasteiger partial charge is 0.507 e. The van der Waals surface area contributed by atoms with Crippen molar-refractivity contribution in [3.05, 3.63) is 23.5 Å². The molecule has 1 aliphatic rings. The van der Waals surface area contributed by atoms with Gasteiger partial charge in [0.05, 0.1) is 11.7 Å². The Balaban J connectivity index is 3.20. The molecule has 76 valence electrons. The van der Waals surface area contributed by atoms with Crippen molar-refractivity contribution >= 4 is 11.9 Å². The molecule has 0 amide bonds. The van der Waals surface area contributed by atoms with Gasteiger partial charge in [-0.2, -0.15) is 0 Å². The first kappa shape index (κ1) is 10.3. The number of aliphatic hydroxyl groups is 2. The molecule has 2 unspecified atom stereocenters. The molecule has 0 aromatic carbocycles. The van der Waals surface area contributed by atoms with Crippen LogP contribution in [0.1, 0.15) is 0 Å². The molecular formula is C8H8O6. The summed E-state index contributed by atoms with van der Waals surface area (Å²) in [4.78, 5) is 21.2. The van der Waals surface area contributed by atoms with Gasteiger partial charge >= 0.3 is 11.9 Å². The van der Waals surface area contributed by atoms with Gasteiger partial charge in [-0.05, 0) is 6.08 Å². The van der Waals surface area contributed by atoms with Crippen LogP contribution < -0.4 is 0 Å². The van der Waals surface area contributed by atoms with E-state index in [-0.39, 0.29) is 0 Å². The molecule has 0 aliphatic heterocycles. The van der Waals surface area contributed by atoms with Gasteiger partial charge in [-0.25, -0.2) is 4.79 Å². The van der Waals surface area contributed by atoms with Gasteiger partial charge in [0.15, 0.2) is 0 Å². The summed E-state index contributed by atoms with van der Waals surface area (Å²) in [5.41, 5.74) is -0.701. The van der Waals surface area contributed by atoms with Gasteiger partial charge in [-0.1, -0.05) is 6.08 Å². The monoisotopic (exact) mass is 200 g/mol. The molecule has 1 rings (SSSR count). The molecular weight excluding hydrogens is 192 g/mol. The molecule has 0 radical (unpaired) electrons. The van der Waals surface area contributed by atoms with Crippen molar-refractivity contribution in [3.63, 3.8) is 0 Å². The maximum Gasteiger partial charge on any atom is 0.336 e. The fourth-order valence-corrected chi connectivity index (χ4v) is 1.23. The molecule has 0 saturated carbocycles. The summed E-state index contributed by atoms with van der Waals surface area (Å²) in [5, 5.41) is 35.6. The van der Waals surface area contributed by atoms with Gasteiger partial charge in [0.25, 0.3) is 0 Å². The van der Waals surface area contributed by atoms with Crippen LogP contribution in [0.4, 0.5) is 0 Å². The quantitative estimate of drug-likeness (QED) is 0.478. The number of carboxylic acids is 2. The lowest BCUT2D eigenvalue weighted by atomic mass is 9.88. The zero-order valence-corrected chi connectivity index (χ0v) is 6.91. The Morgan fingerprint density at radius 2 is 1.86 bits per heavy atom. The number of rotatable bonds is 2. The lowest BCUT2D eigenvalue weighted by Gasteiger charge is -2.20. The molecule has 6 heteroatoms. The Labute approximate surface area is 78.4 Å². The topological polar surface area (TPSA) is 115 Å². The maximum absolute atomic E-state index is 10.6. The highest BCUT2D eigenvalue weighted by Gasteiger charge is 2.37. The summed E-state index contributed by atoms with van der Waals surface area (Å²) in [6.07, 6.45) is 0.559. The van der Waals surface area contributed by atoms with E-state index in [4.69, 9.17) is 15.3 Å². The predicted molar refractivity (Wildman–Crippen MR) is 43.6 cm³/mol. The van der Waals surface area contributed by atoms with E-state index in [1.165, 1.54) is 0 Å². The zero-order valence-electron chi connectivity index (χ0n) is 6.91. The van der Waals surface area contributed by atoms with Gasteiger partial charge < -0.3 is 20.4 Å². The van der Waals surface area contributed by atoms with Gasteiger partial charge in [0.2, 0.25) is 0 Å². The maximum atomic E-state index is 10.6. The molecule has 14 heavy (non-hydrogen) atoms. The first-order valence-electron chi connectivity index (χ1n) is 3.70. The van der Waals surface area contributed by atoms with E-state index in [0.717, 1.165) is 12.2 Å². The van der Waals surface area contributed by atoms with Gasteiger partial charge in [-0.3, -0.25) is 4.79 Å². The molecule has 1 aliphatic carbocycles. The molecule has 0 fully saturated rings. The minimum absolute atomic E-state index is 0.643. The van der Waals surface area contributed by atoms with Crippen LogP contribution in [0, 0.1) is 5.92 Å². The molecule has 0 aromatic rings. The van der Waals surface area contributed by atoms with E-state index in [9.17, 15) is 14.7 Å². The summed E-state index contributed by atoms with van der Waals surface area (Å²) >= 11 is 0. The Morgan fingerprint density at radius 3 is 2.21 bits per heavy atom. The highest BCUT2D eigenvalue weighted by molar-refractivity contribution is 5.95. The first-order chi connectivity index (χ1) is 6.45. The molecule has 4 N–H and O–H groups in total. The fraction of sp³-hybridized carbons (Fsp3) is 0.250. The number of hydrogen-bond acceptors (Lipinski definition) is 4. The predicted octanol–water partition coefficient (Wildman–Crippen LogP) is -0.485. The van der Waals surface area contributed by atoms with Crippen molar-refractivity contribution in [3.8, 4) is 0 Å². The number of carbonyl (C=O) groups is 2. The second-order valence-corrected chi connectivity index (χ2v) is 2.77. The van der Waals surface area contributed by atoms with Crippen LogP contribution in [0.2, 0.25) is 0 Å². The van der Waals surface area contributed by atoms with E-state index in [1.54, 1.807) is 0 Å². The van der Waals surface area contributed by atoms with Crippen LogP contribution >= 0.6 is 0 Å². The molecule has 0 heterocycles. The third kappa shape index (κ3) is 1.60. The lowest BCUT2D eigenvalue weighted by molar-refractivity contribution is -0.146. The van der Waals surface area contributed by atoms with Crippen molar-refractivity contribution < 1.29 is 30.0 Å².